The smallest absolute Gasteiger partial charge is 0.387 e. The first-order valence-electron chi connectivity index (χ1n) is 8.22. The first-order chi connectivity index (χ1) is 11.4. The summed E-state index contributed by atoms with van der Waals surface area (Å²) in [5.41, 5.74) is 5.68. The van der Waals surface area contributed by atoms with Gasteiger partial charge in [-0.25, -0.2) is 0 Å². The van der Waals surface area contributed by atoms with Crippen LogP contribution in [0.15, 0.2) is 18.2 Å². The summed E-state index contributed by atoms with van der Waals surface area (Å²) < 4.78 is 35.2. The monoisotopic (exact) mass is 342 g/mol. The van der Waals surface area contributed by atoms with Gasteiger partial charge in [0.05, 0.1) is 12.1 Å². The molecule has 2 rings (SSSR count). The Kier molecular flexibility index (Phi) is 6.36. The molecule has 0 heterocycles. The fourth-order valence-electron chi connectivity index (χ4n) is 2.78. The van der Waals surface area contributed by atoms with Gasteiger partial charge in [0, 0.05) is 18.2 Å². The molecule has 7 heteroatoms. The molecule has 24 heavy (non-hydrogen) atoms. The molecule has 1 aromatic carbocycles. The number of ether oxygens (including phenoxy) is 2. The molecule has 0 bridgehead atoms. The Bertz CT molecular complexity index is 561. The number of halogens is 2. The summed E-state index contributed by atoms with van der Waals surface area (Å²) in [5.74, 6) is 0.194. The summed E-state index contributed by atoms with van der Waals surface area (Å²) in [5, 5.41) is 2.73. The molecule has 0 aromatic heterocycles. The van der Waals surface area contributed by atoms with Crippen molar-refractivity contribution >= 4 is 5.91 Å². The van der Waals surface area contributed by atoms with Gasteiger partial charge in [0.1, 0.15) is 11.5 Å². The number of carbonyl (C=O) groups excluding carboxylic acids is 1. The molecule has 0 atom stereocenters. The van der Waals surface area contributed by atoms with Crippen LogP contribution in [-0.2, 0) is 11.3 Å². The van der Waals surface area contributed by atoms with Gasteiger partial charge in [-0.2, -0.15) is 8.78 Å². The molecule has 134 valence electrons. The van der Waals surface area contributed by atoms with E-state index in [9.17, 15) is 13.6 Å². The topological polar surface area (TPSA) is 73.6 Å². The molecule has 0 radical (unpaired) electrons. The number of hydrogen-bond donors (Lipinski definition) is 2. The molecule has 3 N–H and O–H groups in total. The summed E-state index contributed by atoms with van der Waals surface area (Å²) in [4.78, 5) is 12.2. The van der Waals surface area contributed by atoms with E-state index in [2.05, 4.69) is 10.1 Å². The lowest BCUT2D eigenvalue weighted by Gasteiger charge is -2.22. The Balaban J connectivity index is 2.05. The molecule has 5 nitrogen and oxygen atoms in total. The zero-order valence-electron chi connectivity index (χ0n) is 13.8. The lowest BCUT2D eigenvalue weighted by atomic mass is 9.98. The van der Waals surface area contributed by atoms with Crippen molar-refractivity contribution in [3.63, 3.8) is 0 Å². The zero-order valence-corrected chi connectivity index (χ0v) is 13.8. The predicted octanol–water partition coefficient (Wildman–Crippen LogP) is 2.96. The second-order valence-electron chi connectivity index (χ2n) is 6.04. The second kappa shape index (κ2) is 8.28. The van der Waals surface area contributed by atoms with Gasteiger partial charge in [0.25, 0.3) is 0 Å². The molecule has 0 spiro atoms. The highest BCUT2D eigenvalue weighted by molar-refractivity contribution is 5.86. The minimum atomic E-state index is -2.95. The Labute approximate surface area is 140 Å². The van der Waals surface area contributed by atoms with Crippen LogP contribution in [0, 0.1) is 0 Å². The Morgan fingerprint density at radius 1 is 1.38 bits per heavy atom. The van der Waals surface area contributed by atoms with Gasteiger partial charge in [-0.1, -0.05) is 19.8 Å². The Morgan fingerprint density at radius 3 is 2.71 bits per heavy atom. The first-order valence-corrected chi connectivity index (χ1v) is 8.22. The van der Waals surface area contributed by atoms with Gasteiger partial charge >= 0.3 is 6.61 Å². The zero-order chi connectivity index (χ0) is 17.6. The van der Waals surface area contributed by atoms with Gasteiger partial charge in [-0.05, 0) is 31.4 Å². The number of nitrogens with two attached hydrogens (primary N) is 1. The number of hydrogen-bond acceptors (Lipinski definition) is 4. The largest absolute Gasteiger partial charge is 0.493 e. The molecule has 0 aliphatic heterocycles. The number of carbonyl (C=O) groups is 1. The van der Waals surface area contributed by atoms with E-state index in [0.29, 0.717) is 30.8 Å². The van der Waals surface area contributed by atoms with Crippen LogP contribution in [0.4, 0.5) is 8.78 Å². The number of alkyl halides is 2. The normalized spacial score (nSPS) is 16.2. The lowest BCUT2D eigenvalue weighted by Crippen LogP contribution is -2.51. The van der Waals surface area contributed by atoms with Crippen molar-refractivity contribution in [3.8, 4) is 11.5 Å². The third-order valence-electron chi connectivity index (χ3n) is 4.11. The van der Waals surface area contributed by atoms with Crippen LogP contribution in [0.2, 0.25) is 0 Å². The molecular formula is C17H24F2N2O3. The van der Waals surface area contributed by atoms with Crippen molar-refractivity contribution in [1.29, 1.82) is 0 Å². The average molecular weight is 342 g/mol. The van der Waals surface area contributed by atoms with E-state index in [1.54, 1.807) is 12.1 Å². The fourth-order valence-corrected chi connectivity index (χ4v) is 2.78. The first kappa shape index (κ1) is 18.4. The maximum Gasteiger partial charge on any atom is 0.387 e. The van der Waals surface area contributed by atoms with Crippen molar-refractivity contribution in [2.24, 2.45) is 5.73 Å². The molecular weight excluding hydrogens is 318 g/mol. The molecule has 1 aliphatic carbocycles. The fraction of sp³-hybridized carbons (Fsp3) is 0.588. The van der Waals surface area contributed by atoms with Crippen LogP contribution in [0.1, 0.15) is 44.6 Å². The van der Waals surface area contributed by atoms with E-state index in [0.717, 1.165) is 19.3 Å². The maximum atomic E-state index is 12.6. The highest BCUT2D eigenvalue weighted by Crippen LogP contribution is 2.29. The molecule has 0 saturated heterocycles. The van der Waals surface area contributed by atoms with Crippen LogP contribution >= 0.6 is 0 Å². The number of nitrogens with one attached hydrogen (secondary N) is 1. The van der Waals surface area contributed by atoms with E-state index in [4.69, 9.17) is 10.5 Å². The summed E-state index contributed by atoms with van der Waals surface area (Å²) in [6.07, 6.45) is 3.94. The SMILES string of the molecule is CCCOc1ccc(CNC(=O)C2(N)CCCC2)c(OC(F)F)c1. The maximum absolute atomic E-state index is 12.6. The van der Waals surface area contributed by atoms with Crippen molar-refractivity contribution < 1.29 is 23.0 Å². The molecule has 1 fully saturated rings. The Hall–Kier alpha value is -1.89. The Morgan fingerprint density at radius 2 is 2.08 bits per heavy atom. The highest BCUT2D eigenvalue weighted by atomic mass is 19.3. The predicted molar refractivity (Wildman–Crippen MR) is 86.1 cm³/mol. The van der Waals surface area contributed by atoms with Crippen LogP contribution < -0.4 is 20.5 Å². The summed E-state index contributed by atoms with van der Waals surface area (Å²) in [6.45, 7) is -0.434. The van der Waals surface area contributed by atoms with Gasteiger partial charge < -0.3 is 20.5 Å². The average Bonchev–Trinajstić information content (AvgIpc) is 2.99. The van der Waals surface area contributed by atoms with Gasteiger partial charge in [-0.3, -0.25) is 4.79 Å². The van der Waals surface area contributed by atoms with Crippen LogP contribution in [0.25, 0.3) is 0 Å². The molecule has 0 unspecified atom stereocenters. The minimum Gasteiger partial charge on any atom is -0.493 e. The summed E-state index contributed by atoms with van der Waals surface area (Å²) in [7, 11) is 0. The standard InChI is InChI=1S/C17H24F2N2O3/c1-2-9-23-13-6-5-12(14(10-13)24-16(18)19)11-21-15(22)17(20)7-3-4-8-17/h5-6,10,16H,2-4,7-9,11,20H2,1H3,(H,21,22). The minimum absolute atomic E-state index is 0.00334. The van der Waals surface area contributed by atoms with E-state index in [-0.39, 0.29) is 18.2 Å². The van der Waals surface area contributed by atoms with E-state index in [1.165, 1.54) is 6.07 Å². The molecule has 1 aromatic rings. The van der Waals surface area contributed by atoms with Crippen molar-refractivity contribution in [2.45, 2.75) is 57.7 Å². The van der Waals surface area contributed by atoms with Crippen molar-refractivity contribution in [2.75, 3.05) is 6.61 Å². The third-order valence-corrected chi connectivity index (χ3v) is 4.11. The van der Waals surface area contributed by atoms with Gasteiger partial charge in [0.2, 0.25) is 5.91 Å². The second-order valence-corrected chi connectivity index (χ2v) is 6.04. The molecule has 1 amide bonds. The number of benzene rings is 1. The summed E-state index contributed by atoms with van der Waals surface area (Å²) >= 11 is 0. The highest BCUT2D eigenvalue weighted by Gasteiger charge is 2.36. The van der Waals surface area contributed by atoms with Gasteiger partial charge in [0.15, 0.2) is 0 Å². The van der Waals surface area contributed by atoms with Crippen molar-refractivity contribution in [3.05, 3.63) is 23.8 Å². The number of amides is 1. The molecule has 1 aliphatic rings. The molecule has 1 saturated carbocycles. The van der Waals surface area contributed by atoms with E-state index in [1.807, 2.05) is 6.92 Å². The lowest BCUT2D eigenvalue weighted by molar-refractivity contribution is -0.126. The van der Waals surface area contributed by atoms with Gasteiger partial charge in [-0.15, -0.1) is 0 Å². The van der Waals surface area contributed by atoms with E-state index >= 15 is 0 Å². The summed E-state index contributed by atoms with van der Waals surface area (Å²) in [6, 6.07) is 4.70. The quantitative estimate of drug-likeness (QED) is 0.762. The van der Waals surface area contributed by atoms with Crippen LogP contribution in [0.5, 0.6) is 11.5 Å². The van der Waals surface area contributed by atoms with Crippen LogP contribution in [-0.4, -0.2) is 24.7 Å². The van der Waals surface area contributed by atoms with Crippen molar-refractivity contribution in [1.82, 2.24) is 5.32 Å². The number of rotatable bonds is 8. The third kappa shape index (κ3) is 4.80. The van der Waals surface area contributed by atoms with Crippen LogP contribution in [0.3, 0.4) is 0 Å². The van der Waals surface area contributed by atoms with E-state index < -0.39 is 12.2 Å².